The van der Waals surface area contributed by atoms with Crippen molar-refractivity contribution >= 4 is 27.8 Å². The zero-order chi connectivity index (χ0) is 10.7. The minimum atomic E-state index is 0.913. The van der Waals surface area contributed by atoms with Crippen LogP contribution in [0.4, 0.5) is 5.13 Å². The van der Waals surface area contributed by atoms with Gasteiger partial charge in [-0.25, -0.2) is 9.97 Å². The van der Waals surface area contributed by atoms with E-state index < -0.39 is 0 Å². The van der Waals surface area contributed by atoms with Crippen LogP contribution < -0.4 is 5.32 Å². The van der Waals surface area contributed by atoms with E-state index in [9.17, 15) is 0 Å². The van der Waals surface area contributed by atoms with Crippen LogP contribution in [0.2, 0.25) is 0 Å². The number of aromatic nitrogens is 2. The lowest BCUT2D eigenvalue weighted by Crippen LogP contribution is -1.95. The Kier molecular flexibility index (Phi) is 3.33. The highest BCUT2D eigenvalue weighted by Crippen LogP contribution is 2.30. The highest BCUT2D eigenvalue weighted by Gasteiger charge is 2.10. The second-order valence-corrected chi connectivity index (χ2v) is 4.76. The van der Waals surface area contributed by atoms with Crippen LogP contribution in [0.5, 0.6) is 0 Å². The van der Waals surface area contributed by atoms with Crippen molar-refractivity contribution in [3.8, 4) is 10.6 Å². The van der Waals surface area contributed by atoms with Gasteiger partial charge in [0.2, 0.25) is 0 Å². The average molecular weight is 239 g/mol. The molecule has 0 amide bonds. The molecule has 0 bridgehead atoms. The lowest BCUT2D eigenvalue weighted by Gasteiger charge is -1.95. The Balaban J connectivity index is 2.28. The van der Waals surface area contributed by atoms with Crippen LogP contribution in [0, 0.1) is 0 Å². The molecule has 0 unspecified atom stereocenters. The van der Waals surface area contributed by atoms with Crippen molar-refractivity contribution in [1.29, 1.82) is 0 Å². The smallest absolute Gasteiger partial charge is 0.183 e. The Labute approximate surface area is 97.2 Å². The number of hydrogen-bond acceptors (Lipinski definition) is 5. The van der Waals surface area contributed by atoms with Gasteiger partial charge in [0.1, 0.15) is 0 Å². The molecule has 3 nitrogen and oxygen atoms in total. The lowest BCUT2D eigenvalue weighted by atomic mass is 10.2. The molecule has 0 fully saturated rings. The molecular formula is C10H13N3S2. The van der Waals surface area contributed by atoms with E-state index in [1.165, 1.54) is 4.88 Å². The maximum atomic E-state index is 4.53. The second kappa shape index (κ2) is 4.72. The van der Waals surface area contributed by atoms with Crippen LogP contribution in [-0.2, 0) is 6.42 Å². The van der Waals surface area contributed by atoms with Gasteiger partial charge in [-0.3, -0.25) is 0 Å². The third-order valence-electron chi connectivity index (χ3n) is 2.04. The number of hydrogen-bond donors (Lipinski definition) is 1. The Bertz CT molecular complexity index is 433. The number of thiazole rings is 2. The molecular weight excluding hydrogens is 226 g/mol. The minimum absolute atomic E-state index is 0.913. The summed E-state index contributed by atoms with van der Waals surface area (Å²) in [4.78, 5) is 10.1. The summed E-state index contributed by atoms with van der Waals surface area (Å²) >= 11 is 3.31. The van der Waals surface area contributed by atoms with Gasteiger partial charge in [0.05, 0.1) is 21.8 Å². The summed E-state index contributed by atoms with van der Waals surface area (Å²) in [5.41, 5.74) is 4.09. The molecule has 2 rings (SSSR count). The van der Waals surface area contributed by atoms with E-state index in [2.05, 4.69) is 34.5 Å². The molecule has 0 spiro atoms. The highest BCUT2D eigenvalue weighted by atomic mass is 32.1. The molecule has 0 aliphatic heterocycles. The van der Waals surface area contributed by atoms with Crippen LogP contribution in [0.3, 0.4) is 0 Å². The topological polar surface area (TPSA) is 37.8 Å². The number of rotatable bonds is 4. The predicted molar refractivity (Wildman–Crippen MR) is 66.8 cm³/mol. The summed E-state index contributed by atoms with van der Waals surface area (Å²) in [7, 11) is 0. The number of anilines is 1. The third-order valence-corrected chi connectivity index (χ3v) is 3.73. The molecule has 0 saturated heterocycles. The van der Waals surface area contributed by atoms with Gasteiger partial charge in [-0.2, -0.15) is 0 Å². The van der Waals surface area contributed by atoms with E-state index in [1.54, 1.807) is 22.7 Å². The van der Waals surface area contributed by atoms with E-state index in [0.29, 0.717) is 0 Å². The van der Waals surface area contributed by atoms with Gasteiger partial charge >= 0.3 is 0 Å². The Hall–Kier alpha value is -0.940. The van der Waals surface area contributed by atoms with E-state index >= 15 is 0 Å². The van der Waals surface area contributed by atoms with Crippen molar-refractivity contribution in [2.45, 2.75) is 20.3 Å². The van der Waals surface area contributed by atoms with Crippen molar-refractivity contribution in [1.82, 2.24) is 9.97 Å². The summed E-state index contributed by atoms with van der Waals surface area (Å²) in [6.45, 7) is 5.11. The van der Waals surface area contributed by atoms with Crippen LogP contribution in [0.15, 0.2) is 10.9 Å². The summed E-state index contributed by atoms with van der Waals surface area (Å²) in [6, 6.07) is 0. The fourth-order valence-corrected chi connectivity index (χ4v) is 3.03. The molecule has 15 heavy (non-hydrogen) atoms. The van der Waals surface area contributed by atoms with Gasteiger partial charge in [-0.05, 0) is 13.3 Å². The summed E-state index contributed by atoms with van der Waals surface area (Å²) in [5.74, 6) is 0. The van der Waals surface area contributed by atoms with E-state index in [4.69, 9.17) is 0 Å². The van der Waals surface area contributed by atoms with Crippen molar-refractivity contribution in [2.75, 3.05) is 11.9 Å². The molecule has 0 aromatic carbocycles. The monoisotopic (exact) mass is 239 g/mol. The molecule has 2 aromatic heterocycles. The molecule has 2 aromatic rings. The fraction of sp³-hybridized carbons (Fsp3) is 0.400. The Morgan fingerprint density at radius 3 is 2.93 bits per heavy atom. The molecule has 5 heteroatoms. The van der Waals surface area contributed by atoms with Crippen molar-refractivity contribution in [3.63, 3.8) is 0 Å². The molecule has 0 aliphatic carbocycles. The maximum Gasteiger partial charge on any atom is 0.183 e. The Morgan fingerprint density at radius 1 is 1.33 bits per heavy atom. The first-order valence-corrected chi connectivity index (χ1v) is 6.73. The van der Waals surface area contributed by atoms with Gasteiger partial charge in [-0.1, -0.05) is 6.92 Å². The van der Waals surface area contributed by atoms with Gasteiger partial charge < -0.3 is 5.32 Å². The van der Waals surface area contributed by atoms with E-state index in [-0.39, 0.29) is 0 Å². The third kappa shape index (κ3) is 2.18. The van der Waals surface area contributed by atoms with Crippen molar-refractivity contribution < 1.29 is 0 Å². The first-order chi connectivity index (χ1) is 7.35. The first kappa shape index (κ1) is 10.6. The van der Waals surface area contributed by atoms with Crippen LogP contribution >= 0.6 is 22.7 Å². The fourth-order valence-electron chi connectivity index (χ4n) is 1.34. The molecule has 0 saturated carbocycles. The first-order valence-electron chi connectivity index (χ1n) is 4.97. The van der Waals surface area contributed by atoms with Gasteiger partial charge in [0.25, 0.3) is 0 Å². The second-order valence-electron chi connectivity index (χ2n) is 3.05. The van der Waals surface area contributed by atoms with Crippen molar-refractivity contribution in [3.05, 3.63) is 16.6 Å². The van der Waals surface area contributed by atoms with Crippen LogP contribution in [0.25, 0.3) is 10.6 Å². The SMILES string of the molecule is CCNc1nc(-c2scnc2CC)cs1. The van der Waals surface area contributed by atoms with Gasteiger partial charge in [0, 0.05) is 11.9 Å². The summed E-state index contributed by atoms with van der Waals surface area (Å²) in [6.07, 6.45) is 0.965. The van der Waals surface area contributed by atoms with E-state index in [0.717, 1.165) is 29.5 Å². The van der Waals surface area contributed by atoms with Crippen molar-refractivity contribution in [2.24, 2.45) is 0 Å². The normalized spacial score (nSPS) is 10.5. The van der Waals surface area contributed by atoms with Gasteiger partial charge in [0.15, 0.2) is 5.13 Å². The molecule has 0 atom stereocenters. The molecule has 1 N–H and O–H groups in total. The largest absolute Gasteiger partial charge is 0.362 e. The number of aryl methyl sites for hydroxylation is 1. The predicted octanol–water partition coefficient (Wildman–Crippen LogP) is 3.26. The standard InChI is InChI=1S/C10H13N3S2/c1-3-7-9(15-6-12-7)8-5-14-10(13-8)11-4-2/h5-6H,3-4H2,1-2H3,(H,11,13). The average Bonchev–Trinajstić information content (AvgIpc) is 2.84. The molecule has 2 heterocycles. The zero-order valence-electron chi connectivity index (χ0n) is 8.78. The quantitative estimate of drug-likeness (QED) is 0.890. The summed E-state index contributed by atoms with van der Waals surface area (Å²) in [5, 5.41) is 6.30. The zero-order valence-corrected chi connectivity index (χ0v) is 10.4. The number of nitrogens with zero attached hydrogens (tertiary/aromatic N) is 2. The molecule has 0 radical (unpaired) electrons. The summed E-state index contributed by atoms with van der Waals surface area (Å²) < 4.78 is 0. The molecule has 0 aliphatic rings. The van der Waals surface area contributed by atoms with Crippen LogP contribution in [-0.4, -0.2) is 16.5 Å². The number of nitrogens with one attached hydrogen (secondary N) is 1. The maximum absolute atomic E-state index is 4.53. The lowest BCUT2D eigenvalue weighted by molar-refractivity contribution is 1.06. The minimum Gasteiger partial charge on any atom is -0.362 e. The van der Waals surface area contributed by atoms with E-state index in [1.807, 2.05) is 5.51 Å². The highest BCUT2D eigenvalue weighted by molar-refractivity contribution is 7.15. The Morgan fingerprint density at radius 2 is 2.20 bits per heavy atom. The van der Waals surface area contributed by atoms with Crippen LogP contribution in [0.1, 0.15) is 19.5 Å². The van der Waals surface area contributed by atoms with Gasteiger partial charge in [-0.15, -0.1) is 22.7 Å². The molecule has 80 valence electrons.